The molecule has 28 heavy (non-hydrogen) atoms. The maximum atomic E-state index is 11.9. The number of rotatable bonds is 5. The predicted octanol–water partition coefficient (Wildman–Crippen LogP) is 3.53. The molecule has 1 saturated carbocycles. The molecular formula is C19H20BrN5O3. The van der Waals surface area contributed by atoms with Crippen molar-refractivity contribution >= 4 is 39.3 Å². The van der Waals surface area contributed by atoms with Crippen molar-refractivity contribution in [2.75, 3.05) is 12.4 Å². The van der Waals surface area contributed by atoms with Gasteiger partial charge in [-0.2, -0.15) is 10.4 Å². The molecule has 1 heterocycles. The maximum absolute atomic E-state index is 11.9. The molecule has 2 aromatic rings. The molecule has 1 fully saturated rings. The first kappa shape index (κ1) is 19.9. The number of carbonyl (C=O) groups is 2. The van der Waals surface area contributed by atoms with E-state index in [1.54, 1.807) is 29.1 Å². The number of halogens is 1. The third-order valence-corrected chi connectivity index (χ3v) is 5.56. The Kier molecular flexibility index (Phi) is 5.99. The number of nitrogens with one attached hydrogen (secondary N) is 1. The number of nitrogens with zero attached hydrogens (tertiary/aromatic N) is 3. The van der Waals surface area contributed by atoms with Crippen molar-refractivity contribution in [3.63, 3.8) is 0 Å². The van der Waals surface area contributed by atoms with Crippen molar-refractivity contribution in [3.05, 3.63) is 40.0 Å². The van der Waals surface area contributed by atoms with Gasteiger partial charge in [0.25, 0.3) is 5.91 Å². The monoisotopic (exact) mass is 445 g/mol. The number of anilines is 2. The summed E-state index contributed by atoms with van der Waals surface area (Å²) < 4.78 is 7.02. The van der Waals surface area contributed by atoms with Crippen LogP contribution in [0.25, 0.3) is 0 Å². The zero-order valence-electron chi connectivity index (χ0n) is 15.3. The lowest BCUT2D eigenvalue weighted by Crippen LogP contribution is -2.22. The van der Waals surface area contributed by atoms with E-state index in [4.69, 9.17) is 10.5 Å². The fourth-order valence-electron chi connectivity index (χ4n) is 3.42. The van der Waals surface area contributed by atoms with Crippen LogP contribution in [0.3, 0.4) is 0 Å². The highest BCUT2D eigenvalue weighted by molar-refractivity contribution is 9.10. The normalized spacial score (nSPS) is 18.9. The zero-order valence-corrected chi connectivity index (χ0v) is 16.9. The van der Waals surface area contributed by atoms with Crippen molar-refractivity contribution in [3.8, 4) is 6.07 Å². The number of hydrogen-bond donors (Lipinski definition) is 2. The van der Waals surface area contributed by atoms with E-state index in [1.165, 1.54) is 7.11 Å². The molecule has 3 N–H and O–H groups in total. The highest BCUT2D eigenvalue weighted by Gasteiger charge is 2.29. The smallest absolute Gasteiger partial charge is 0.339 e. The SMILES string of the molecule is COC(=O)c1cc(Nc2nn([C@H]3CCCC[C@@H]3C#N)cc2C(N)=O)ccc1Br. The molecule has 0 unspecified atom stereocenters. The van der Waals surface area contributed by atoms with Gasteiger partial charge < -0.3 is 15.8 Å². The van der Waals surface area contributed by atoms with Crippen LogP contribution in [0.4, 0.5) is 11.5 Å². The van der Waals surface area contributed by atoms with E-state index in [2.05, 4.69) is 32.4 Å². The average Bonchev–Trinajstić information content (AvgIpc) is 3.12. The molecule has 1 aliphatic carbocycles. The molecule has 1 aromatic heterocycles. The topological polar surface area (TPSA) is 123 Å². The molecule has 8 nitrogen and oxygen atoms in total. The predicted molar refractivity (Wildman–Crippen MR) is 106 cm³/mol. The van der Waals surface area contributed by atoms with Gasteiger partial charge >= 0.3 is 5.97 Å². The number of nitrogens with two attached hydrogens (primary N) is 1. The van der Waals surface area contributed by atoms with Gasteiger partial charge in [0, 0.05) is 16.4 Å². The molecule has 9 heteroatoms. The summed E-state index contributed by atoms with van der Waals surface area (Å²) in [7, 11) is 1.30. The van der Waals surface area contributed by atoms with E-state index in [9.17, 15) is 14.9 Å². The molecule has 0 radical (unpaired) electrons. The van der Waals surface area contributed by atoms with Crippen molar-refractivity contribution < 1.29 is 14.3 Å². The van der Waals surface area contributed by atoms with Crippen molar-refractivity contribution in [2.45, 2.75) is 31.7 Å². The number of benzene rings is 1. The number of hydrogen-bond acceptors (Lipinski definition) is 6. The largest absolute Gasteiger partial charge is 0.465 e. The third-order valence-electron chi connectivity index (χ3n) is 4.87. The van der Waals surface area contributed by atoms with E-state index < -0.39 is 11.9 Å². The molecule has 0 saturated heterocycles. The van der Waals surface area contributed by atoms with Crippen LogP contribution in [-0.4, -0.2) is 28.8 Å². The van der Waals surface area contributed by atoms with E-state index in [0.29, 0.717) is 15.7 Å². The van der Waals surface area contributed by atoms with E-state index in [0.717, 1.165) is 25.7 Å². The quantitative estimate of drug-likeness (QED) is 0.678. The summed E-state index contributed by atoms with van der Waals surface area (Å²) in [6.45, 7) is 0. The summed E-state index contributed by atoms with van der Waals surface area (Å²) in [5.74, 6) is -0.979. The second-order valence-corrected chi connectivity index (χ2v) is 7.49. The average molecular weight is 446 g/mol. The van der Waals surface area contributed by atoms with E-state index in [1.807, 2.05) is 0 Å². The van der Waals surface area contributed by atoms with Crippen molar-refractivity contribution in [2.24, 2.45) is 11.7 Å². The standard InChI is InChI=1S/C19H20BrN5O3/c1-28-19(27)13-8-12(6-7-15(13)20)23-18-14(17(22)26)10-25(24-18)16-5-3-2-4-11(16)9-21/h6-8,10-11,16H,2-5H2,1H3,(H2,22,26)(H,23,24)/t11-,16+/m1/s1. The lowest BCUT2D eigenvalue weighted by Gasteiger charge is -2.26. The Bertz CT molecular complexity index is 950. The molecule has 146 valence electrons. The number of methoxy groups -OCH3 is 1. The summed E-state index contributed by atoms with van der Waals surface area (Å²) in [5, 5.41) is 17.0. The Labute approximate surface area is 170 Å². The summed E-state index contributed by atoms with van der Waals surface area (Å²) in [4.78, 5) is 23.8. The number of amides is 1. The third kappa shape index (κ3) is 4.02. The molecule has 0 aliphatic heterocycles. The molecule has 1 aromatic carbocycles. The number of ether oxygens (including phenoxy) is 1. The Hall–Kier alpha value is -2.86. The van der Waals surface area contributed by atoms with Crippen LogP contribution < -0.4 is 11.1 Å². The van der Waals surface area contributed by atoms with E-state index in [-0.39, 0.29) is 23.3 Å². The van der Waals surface area contributed by atoms with Gasteiger partial charge in [-0.15, -0.1) is 0 Å². The van der Waals surface area contributed by atoms with Gasteiger partial charge in [0.15, 0.2) is 5.82 Å². The lowest BCUT2D eigenvalue weighted by atomic mass is 9.85. The second-order valence-electron chi connectivity index (χ2n) is 6.63. The molecule has 1 amide bonds. The first-order valence-electron chi connectivity index (χ1n) is 8.88. The van der Waals surface area contributed by atoms with Crippen LogP contribution in [0.1, 0.15) is 52.4 Å². The van der Waals surface area contributed by atoms with Gasteiger partial charge in [0.2, 0.25) is 0 Å². The Morgan fingerprint density at radius 3 is 2.79 bits per heavy atom. The summed E-state index contributed by atoms with van der Waals surface area (Å²) in [5.41, 5.74) is 6.64. The zero-order chi connectivity index (χ0) is 20.3. The number of primary amides is 1. The Morgan fingerprint density at radius 2 is 2.11 bits per heavy atom. The fraction of sp³-hybridized carbons (Fsp3) is 0.368. The van der Waals surface area contributed by atoms with E-state index >= 15 is 0 Å². The fourth-order valence-corrected chi connectivity index (χ4v) is 3.83. The van der Waals surface area contributed by atoms with Gasteiger partial charge in [-0.05, 0) is 47.0 Å². The minimum absolute atomic E-state index is 0.0945. The number of aromatic nitrogens is 2. The molecule has 0 bridgehead atoms. The van der Waals surface area contributed by atoms with Crippen LogP contribution in [-0.2, 0) is 4.74 Å². The highest BCUT2D eigenvalue weighted by Crippen LogP contribution is 2.34. The summed E-state index contributed by atoms with van der Waals surface area (Å²) >= 11 is 3.31. The van der Waals surface area contributed by atoms with Crippen molar-refractivity contribution in [1.29, 1.82) is 5.26 Å². The minimum Gasteiger partial charge on any atom is -0.465 e. The number of esters is 1. The van der Waals surface area contributed by atoms with Gasteiger partial charge in [-0.3, -0.25) is 9.48 Å². The molecule has 3 rings (SSSR count). The Balaban J connectivity index is 1.94. The van der Waals surface area contributed by atoms with Crippen LogP contribution in [0.2, 0.25) is 0 Å². The lowest BCUT2D eigenvalue weighted by molar-refractivity contribution is 0.0599. The van der Waals surface area contributed by atoms with Crippen LogP contribution >= 0.6 is 15.9 Å². The molecule has 2 atom stereocenters. The minimum atomic E-state index is -0.622. The van der Waals surface area contributed by atoms with Gasteiger partial charge in [-0.1, -0.05) is 12.8 Å². The summed E-state index contributed by atoms with van der Waals surface area (Å²) in [6.07, 6.45) is 5.24. The van der Waals surface area contributed by atoms with Crippen LogP contribution in [0.5, 0.6) is 0 Å². The molecular weight excluding hydrogens is 426 g/mol. The Morgan fingerprint density at radius 1 is 1.36 bits per heavy atom. The van der Waals surface area contributed by atoms with Gasteiger partial charge in [0.05, 0.1) is 30.7 Å². The second kappa shape index (κ2) is 8.44. The number of nitriles is 1. The first-order valence-corrected chi connectivity index (χ1v) is 9.67. The number of carbonyl (C=O) groups excluding carboxylic acids is 2. The van der Waals surface area contributed by atoms with Crippen LogP contribution in [0, 0.1) is 17.2 Å². The van der Waals surface area contributed by atoms with Crippen LogP contribution in [0.15, 0.2) is 28.9 Å². The van der Waals surface area contributed by atoms with Gasteiger partial charge in [-0.25, -0.2) is 4.79 Å². The maximum Gasteiger partial charge on any atom is 0.339 e. The van der Waals surface area contributed by atoms with Crippen molar-refractivity contribution in [1.82, 2.24) is 9.78 Å². The first-order chi connectivity index (χ1) is 13.4. The summed E-state index contributed by atoms with van der Waals surface area (Å²) in [6, 6.07) is 7.27. The van der Waals surface area contributed by atoms with Gasteiger partial charge in [0.1, 0.15) is 5.56 Å². The highest BCUT2D eigenvalue weighted by atomic mass is 79.9. The molecule has 1 aliphatic rings. The molecule has 0 spiro atoms.